The second-order valence-corrected chi connectivity index (χ2v) is 9.93. The SMILES string of the molecule is CCCNC(=O)CN1CCN(c2ccc(NS(=O)(=O)c3ccc(CC)cc3)c(C(=O)O)c2)CC1. The van der Waals surface area contributed by atoms with Gasteiger partial charge in [0.15, 0.2) is 0 Å². The van der Waals surface area contributed by atoms with E-state index in [-0.39, 0.29) is 22.1 Å². The van der Waals surface area contributed by atoms with Crippen molar-refractivity contribution in [1.29, 1.82) is 0 Å². The lowest BCUT2D eigenvalue weighted by Crippen LogP contribution is -2.49. The molecule has 2 aromatic carbocycles. The van der Waals surface area contributed by atoms with E-state index in [1.165, 1.54) is 24.3 Å². The number of anilines is 2. The van der Waals surface area contributed by atoms with Crippen LogP contribution >= 0.6 is 0 Å². The molecule has 0 bridgehead atoms. The molecule has 0 aliphatic carbocycles. The Hall–Kier alpha value is -3.11. The third-order valence-electron chi connectivity index (χ3n) is 5.80. The molecule has 3 N–H and O–H groups in total. The van der Waals surface area contributed by atoms with E-state index in [9.17, 15) is 23.1 Å². The molecule has 0 unspecified atom stereocenters. The Balaban J connectivity index is 1.70. The highest BCUT2D eigenvalue weighted by Crippen LogP contribution is 2.27. The Morgan fingerprint density at radius 1 is 1.00 bits per heavy atom. The van der Waals surface area contributed by atoms with Gasteiger partial charge in [0.25, 0.3) is 10.0 Å². The molecule has 1 aliphatic rings. The predicted octanol–water partition coefficient (Wildman–Crippen LogP) is 2.40. The number of rotatable bonds is 10. The summed E-state index contributed by atoms with van der Waals surface area (Å²) in [7, 11) is -3.93. The van der Waals surface area contributed by atoms with Gasteiger partial charge < -0.3 is 15.3 Å². The second-order valence-electron chi connectivity index (χ2n) is 8.25. The molecule has 0 atom stereocenters. The van der Waals surface area contributed by atoms with Crippen LogP contribution in [-0.4, -0.2) is 69.6 Å². The predicted molar refractivity (Wildman–Crippen MR) is 132 cm³/mol. The topological polar surface area (TPSA) is 119 Å². The number of sulfonamides is 1. The van der Waals surface area contributed by atoms with Gasteiger partial charge in [-0.2, -0.15) is 0 Å². The van der Waals surface area contributed by atoms with Crippen molar-refractivity contribution in [3.05, 3.63) is 53.6 Å². The number of hydrogen-bond acceptors (Lipinski definition) is 6. The van der Waals surface area contributed by atoms with Crippen LogP contribution in [0.4, 0.5) is 11.4 Å². The minimum absolute atomic E-state index is 0.00411. The molecule has 1 fully saturated rings. The number of benzene rings is 2. The first-order chi connectivity index (χ1) is 16.2. The van der Waals surface area contributed by atoms with E-state index >= 15 is 0 Å². The Morgan fingerprint density at radius 3 is 2.26 bits per heavy atom. The maximum absolute atomic E-state index is 12.8. The smallest absolute Gasteiger partial charge is 0.337 e. The van der Waals surface area contributed by atoms with Gasteiger partial charge in [0.2, 0.25) is 5.91 Å². The molecule has 1 saturated heterocycles. The standard InChI is InChI=1S/C24H32N4O5S/c1-3-11-25-23(29)17-27-12-14-28(15-13-27)19-7-10-22(21(16-19)24(30)31)26-34(32,33)20-8-5-18(4-2)6-9-20/h5-10,16,26H,3-4,11-15,17H2,1-2H3,(H,25,29)(H,30,31). The lowest BCUT2D eigenvalue weighted by molar-refractivity contribution is -0.122. The maximum atomic E-state index is 12.8. The van der Waals surface area contributed by atoms with Crippen molar-refractivity contribution >= 4 is 33.3 Å². The average Bonchev–Trinajstić information content (AvgIpc) is 2.83. The number of nitrogens with one attached hydrogen (secondary N) is 2. The highest BCUT2D eigenvalue weighted by atomic mass is 32.2. The zero-order valence-electron chi connectivity index (χ0n) is 19.6. The molecule has 1 aliphatic heterocycles. The second kappa shape index (κ2) is 11.3. The molecule has 0 radical (unpaired) electrons. The van der Waals surface area contributed by atoms with Gasteiger partial charge in [-0.05, 0) is 48.7 Å². The number of aryl methyl sites for hydroxylation is 1. The molecule has 3 rings (SSSR count). The Labute approximate surface area is 200 Å². The largest absolute Gasteiger partial charge is 0.478 e. The van der Waals surface area contributed by atoms with Crippen molar-refractivity contribution in [2.24, 2.45) is 0 Å². The fourth-order valence-corrected chi connectivity index (χ4v) is 4.87. The van der Waals surface area contributed by atoms with E-state index in [4.69, 9.17) is 0 Å². The zero-order chi connectivity index (χ0) is 24.7. The number of amides is 1. The third-order valence-corrected chi connectivity index (χ3v) is 7.18. The first-order valence-corrected chi connectivity index (χ1v) is 12.9. The zero-order valence-corrected chi connectivity index (χ0v) is 20.4. The van der Waals surface area contributed by atoms with Crippen molar-refractivity contribution in [2.75, 3.05) is 48.9 Å². The summed E-state index contributed by atoms with van der Waals surface area (Å²) >= 11 is 0. The van der Waals surface area contributed by atoms with Gasteiger partial charge in [0, 0.05) is 38.4 Å². The van der Waals surface area contributed by atoms with Gasteiger partial charge in [-0.3, -0.25) is 14.4 Å². The average molecular weight is 489 g/mol. The molecule has 1 heterocycles. The number of carboxylic acid groups (broad SMARTS) is 1. The molecular formula is C24H32N4O5S. The lowest BCUT2D eigenvalue weighted by Gasteiger charge is -2.36. The minimum Gasteiger partial charge on any atom is -0.478 e. The van der Waals surface area contributed by atoms with E-state index < -0.39 is 16.0 Å². The van der Waals surface area contributed by atoms with Crippen molar-refractivity contribution < 1.29 is 23.1 Å². The summed E-state index contributed by atoms with van der Waals surface area (Å²) in [6.45, 7) is 7.60. The monoisotopic (exact) mass is 488 g/mol. The van der Waals surface area contributed by atoms with Crippen LogP contribution in [0.5, 0.6) is 0 Å². The highest BCUT2D eigenvalue weighted by Gasteiger charge is 2.23. The lowest BCUT2D eigenvalue weighted by atomic mass is 10.1. The fraction of sp³-hybridized carbons (Fsp3) is 0.417. The van der Waals surface area contributed by atoms with Gasteiger partial charge in [-0.25, -0.2) is 13.2 Å². The van der Waals surface area contributed by atoms with Crippen LogP contribution in [0.3, 0.4) is 0 Å². The molecular weight excluding hydrogens is 456 g/mol. The van der Waals surface area contributed by atoms with Crippen LogP contribution in [0.1, 0.15) is 36.2 Å². The van der Waals surface area contributed by atoms with Gasteiger partial charge in [-0.1, -0.05) is 26.0 Å². The van der Waals surface area contributed by atoms with Crippen molar-refractivity contribution in [2.45, 2.75) is 31.6 Å². The van der Waals surface area contributed by atoms with Crippen LogP contribution in [-0.2, 0) is 21.2 Å². The van der Waals surface area contributed by atoms with Crippen LogP contribution < -0.4 is 14.9 Å². The van der Waals surface area contributed by atoms with Crippen molar-refractivity contribution in [1.82, 2.24) is 10.2 Å². The van der Waals surface area contributed by atoms with Gasteiger partial charge in [0.05, 0.1) is 22.7 Å². The highest BCUT2D eigenvalue weighted by molar-refractivity contribution is 7.92. The van der Waals surface area contributed by atoms with E-state index in [1.54, 1.807) is 18.2 Å². The molecule has 9 nitrogen and oxygen atoms in total. The van der Waals surface area contributed by atoms with E-state index in [0.717, 1.165) is 18.4 Å². The van der Waals surface area contributed by atoms with Crippen LogP contribution in [0.15, 0.2) is 47.4 Å². The summed E-state index contributed by atoms with van der Waals surface area (Å²) in [6.07, 6.45) is 1.68. The number of carbonyl (C=O) groups excluding carboxylic acids is 1. The van der Waals surface area contributed by atoms with Gasteiger partial charge in [-0.15, -0.1) is 0 Å². The number of carboxylic acids is 1. The first kappa shape index (κ1) is 25.5. The maximum Gasteiger partial charge on any atom is 0.337 e. The first-order valence-electron chi connectivity index (χ1n) is 11.5. The minimum atomic E-state index is -3.93. The van der Waals surface area contributed by atoms with Gasteiger partial charge >= 0.3 is 5.97 Å². The summed E-state index contributed by atoms with van der Waals surface area (Å²) in [5, 5.41) is 12.6. The van der Waals surface area contributed by atoms with Gasteiger partial charge in [0.1, 0.15) is 0 Å². The summed E-state index contributed by atoms with van der Waals surface area (Å²) in [4.78, 5) is 28.0. The summed E-state index contributed by atoms with van der Waals surface area (Å²) in [5.74, 6) is -1.21. The normalized spacial score (nSPS) is 14.6. The molecule has 0 aromatic heterocycles. The Bertz CT molecular complexity index is 1110. The molecule has 0 spiro atoms. The molecule has 0 saturated carbocycles. The van der Waals surface area contributed by atoms with Crippen LogP contribution in [0, 0.1) is 0 Å². The summed E-state index contributed by atoms with van der Waals surface area (Å²) in [5.41, 5.74) is 1.61. The molecule has 184 valence electrons. The van der Waals surface area contributed by atoms with E-state index in [1.807, 2.05) is 18.7 Å². The van der Waals surface area contributed by atoms with Crippen LogP contribution in [0.25, 0.3) is 0 Å². The van der Waals surface area contributed by atoms with Crippen molar-refractivity contribution in [3.63, 3.8) is 0 Å². The molecule has 10 heteroatoms. The number of piperazine rings is 1. The molecule has 2 aromatic rings. The quantitative estimate of drug-likeness (QED) is 0.470. The van der Waals surface area contributed by atoms with Crippen LogP contribution in [0.2, 0.25) is 0 Å². The van der Waals surface area contributed by atoms with E-state index in [0.29, 0.717) is 45.0 Å². The Kier molecular flexibility index (Phi) is 8.51. The van der Waals surface area contributed by atoms with E-state index in [2.05, 4.69) is 14.9 Å². The third kappa shape index (κ3) is 6.48. The molecule has 34 heavy (non-hydrogen) atoms. The summed E-state index contributed by atoms with van der Waals surface area (Å²) in [6, 6.07) is 11.2. The Morgan fingerprint density at radius 2 is 1.68 bits per heavy atom. The summed E-state index contributed by atoms with van der Waals surface area (Å²) < 4.78 is 28.0. The number of nitrogens with zero attached hydrogens (tertiary/aromatic N) is 2. The number of carbonyl (C=O) groups is 2. The number of aromatic carboxylic acids is 1. The fourth-order valence-electron chi connectivity index (χ4n) is 3.79. The number of hydrogen-bond donors (Lipinski definition) is 3. The molecule has 1 amide bonds. The van der Waals surface area contributed by atoms with Crippen molar-refractivity contribution in [3.8, 4) is 0 Å².